The summed E-state index contributed by atoms with van der Waals surface area (Å²) in [5, 5.41) is 7.16. The number of benzene rings is 2. The second-order valence-corrected chi connectivity index (χ2v) is 10.2. The lowest BCUT2D eigenvalue weighted by Crippen LogP contribution is -2.26. The number of hydrogen-bond acceptors (Lipinski definition) is 4. The quantitative estimate of drug-likeness (QED) is 0.550. The maximum absolute atomic E-state index is 12.6. The van der Waals surface area contributed by atoms with Crippen molar-refractivity contribution in [3.05, 3.63) is 76.9 Å². The molecule has 3 aromatic rings. The minimum Gasteiger partial charge on any atom is -0.263 e. The molecule has 4 rings (SSSR count). The Labute approximate surface area is 184 Å². The van der Waals surface area contributed by atoms with Crippen LogP contribution in [-0.4, -0.2) is 30.1 Å². The van der Waals surface area contributed by atoms with E-state index in [4.69, 9.17) is 0 Å². The molecule has 0 aliphatic heterocycles. The molecule has 1 aliphatic rings. The van der Waals surface area contributed by atoms with Gasteiger partial charge in [0, 0.05) is 19.4 Å². The second kappa shape index (κ2) is 9.75. The van der Waals surface area contributed by atoms with E-state index in [2.05, 4.69) is 51.1 Å². The number of H-pyrrole nitrogens is 1. The largest absolute Gasteiger partial charge is 0.263 e. The smallest absolute Gasteiger partial charge is 0.240 e. The van der Waals surface area contributed by atoms with Crippen LogP contribution in [0.3, 0.4) is 0 Å². The Hall–Kier alpha value is -2.51. The zero-order valence-electron chi connectivity index (χ0n) is 18.0. The molecular weight excluding hydrogens is 408 g/mol. The van der Waals surface area contributed by atoms with E-state index in [9.17, 15) is 8.42 Å². The van der Waals surface area contributed by atoms with Crippen molar-refractivity contribution in [3.8, 4) is 0 Å². The summed E-state index contributed by atoms with van der Waals surface area (Å²) in [6.45, 7) is 2.32. The molecule has 2 aromatic carbocycles. The highest BCUT2D eigenvalue weighted by Gasteiger charge is 2.18. The molecule has 0 unspecified atom stereocenters. The lowest BCUT2D eigenvalue weighted by molar-refractivity contribution is 0.443. The highest BCUT2D eigenvalue weighted by Crippen LogP contribution is 2.32. The summed E-state index contributed by atoms with van der Waals surface area (Å²) in [7, 11) is -3.54. The third-order valence-electron chi connectivity index (χ3n) is 5.98. The maximum atomic E-state index is 12.6. The Bertz CT molecular complexity index is 1080. The SMILES string of the molecule is Cc1ccc(Cc2nc(CCNS(=O)(=O)c3ccc(C4CCCCC4)cc3)n[nH]2)cc1. The van der Waals surface area contributed by atoms with Gasteiger partial charge in [0.15, 0.2) is 5.82 Å². The van der Waals surface area contributed by atoms with Crippen molar-refractivity contribution in [1.29, 1.82) is 0 Å². The molecule has 2 N–H and O–H groups in total. The fraction of sp³-hybridized carbons (Fsp3) is 0.417. The van der Waals surface area contributed by atoms with Crippen LogP contribution < -0.4 is 4.72 Å². The summed E-state index contributed by atoms with van der Waals surface area (Å²) in [4.78, 5) is 4.79. The van der Waals surface area contributed by atoms with E-state index in [1.807, 2.05) is 12.1 Å². The fourth-order valence-corrected chi connectivity index (χ4v) is 5.19. The average Bonchev–Trinajstić information content (AvgIpc) is 3.23. The predicted octanol–water partition coefficient (Wildman–Crippen LogP) is 4.27. The van der Waals surface area contributed by atoms with Crippen molar-refractivity contribution in [1.82, 2.24) is 19.9 Å². The first-order valence-electron chi connectivity index (χ1n) is 11.0. The minimum atomic E-state index is -3.54. The van der Waals surface area contributed by atoms with E-state index in [1.165, 1.54) is 43.2 Å². The molecule has 0 bridgehead atoms. The van der Waals surface area contributed by atoms with Crippen LogP contribution in [0.1, 0.15) is 66.4 Å². The fourth-order valence-electron chi connectivity index (χ4n) is 4.16. The van der Waals surface area contributed by atoms with Gasteiger partial charge in [0.05, 0.1) is 4.90 Å². The molecule has 164 valence electrons. The Kier molecular flexibility index (Phi) is 6.83. The van der Waals surface area contributed by atoms with Crippen LogP contribution in [0.2, 0.25) is 0 Å². The summed E-state index contributed by atoms with van der Waals surface area (Å²) in [5.74, 6) is 1.95. The highest BCUT2D eigenvalue weighted by atomic mass is 32.2. The molecule has 31 heavy (non-hydrogen) atoms. The van der Waals surface area contributed by atoms with Crippen molar-refractivity contribution in [2.75, 3.05) is 6.54 Å². The molecule has 7 heteroatoms. The second-order valence-electron chi connectivity index (χ2n) is 8.41. The monoisotopic (exact) mass is 438 g/mol. The van der Waals surface area contributed by atoms with Crippen LogP contribution in [0.15, 0.2) is 53.4 Å². The topological polar surface area (TPSA) is 87.7 Å². The number of sulfonamides is 1. The van der Waals surface area contributed by atoms with Gasteiger partial charge in [0.2, 0.25) is 10.0 Å². The molecule has 0 amide bonds. The Morgan fingerprint density at radius 2 is 1.71 bits per heavy atom. The van der Waals surface area contributed by atoms with E-state index < -0.39 is 10.0 Å². The molecule has 0 saturated heterocycles. The van der Waals surface area contributed by atoms with Crippen LogP contribution in [0, 0.1) is 6.92 Å². The van der Waals surface area contributed by atoms with Gasteiger partial charge in [0.1, 0.15) is 5.82 Å². The first-order valence-corrected chi connectivity index (χ1v) is 12.5. The molecule has 1 aromatic heterocycles. The van der Waals surface area contributed by atoms with Crippen LogP contribution >= 0.6 is 0 Å². The van der Waals surface area contributed by atoms with Gasteiger partial charge in [-0.1, -0.05) is 61.2 Å². The van der Waals surface area contributed by atoms with Crippen molar-refractivity contribution >= 4 is 10.0 Å². The van der Waals surface area contributed by atoms with Crippen LogP contribution in [0.4, 0.5) is 0 Å². The number of aromatic amines is 1. The van der Waals surface area contributed by atoms with E-state index in [-0.39, 0.29) is 6.54 Å². The van der Waals surface area contributed by atoms with E-state index in [1.54, 1.807) is 12.1 Å². The molecule has 1 fully saturated rings. The number of nitrogens with one attached hydrogen (secondary N) is 2. The van der Waals surface area contributed by atoms with Crippen molar-refractivity contribution in [2.45, 2.75) is 62.7 Å². The predicted molar refractivity (Wildman–Crippen MR) is 122 cm³/mol. The molecule has 0 spiro atoms. The van der Waals surface area contributed by atoms with Gasteiger partial charge in [-0.2, -0.15) is 5.10 Å². The Balaban J connectivity index is 1.29. The van der Waals surface area contributed by atoms with E-state index in [0.29, 0.717) is 29.5 Å². The van der Waals surface area contributed by atoms with Gasteiger partial charge in [0.25, 0.3) is 0 Å². The molecule has 0 atom stereocenters. The molecule has 0 radical (unpaired) electrons. The number of rotatable bonds is 8. The van der Waals surface area contributed by atoms with Crippen LogP contribution in [0.5, 0.6) is 0 Å². The molecule has 1 aliphatic carbocycles. The molecule has 1 heterocycles. The summed E-state index contributed by atoms with van der Waals surface area (Å²) in [6, 6.07) is 15.7. The first-order chi connectivity index (χ1) is 15.0. The summed E-state index contributed by atoms with van der Waals surface area (Å²) in [6.07, 6.45) is 7.35. The lowest BCUT2D eigenvalue weighted by atomic mass is 9.84. The van der Waals surface area contributed by atoms with Crippen molar-refractivity contribution in [2.24, 2.45) is 0 Å². The summed E-state index contributed by atoms with van der Waals surface area (Å²) in [5.41, 5.74) is 3.63. The van der Waals surface area contributed by atoms with Gasteiger partial charge in [-0.25, -0.2) is 18.1 Å². The number of aryl methyl sites for hydroxylation is 1. The number of nitrogens with zero attached hydrogens (tertiary/aromatic N) is 2. The van der Waals surface area contributed by atoms with Gasteiger partial charge in [-0.15, -0.1) is 0 Å². The Morgan fingerprint density at radius 1 is 1.00 bits per heavy atom. The lowest BCUT2D eigenvalue weighted by Gasteiger charge is -2.22. The van der Waals surface area contributed by atoms with Gasteiger partial charge in [-0.3, -0.25) is 5.10 Å². The van der Waals surface area contributed by atoms with E-state index in [0.717, 1.165) is 11.4 Å². The standard InChI is InChI=1S/C24H30N4O2S/c1-18-7-9-19(10-8-18)17-24-26-23(27-28-24)15-16-25-31(29,30)22-13-11-21(12-14-22)20-5-3-2-4-6-20/h7-14,20,25H,2-6,15-17H2,1H3,(H,26,27,28). The van der Waals surface area contributed by atoms with Gasteiger partial charge >= 0.3 is 0 Å². The van der Waals surface area contributed by atoms with E-state index >= 15 is 0 Å². The maximum Gasteiger partial charge on any atom is 0.240 e. The molecular formula is C24H30N4O2S. The summed E-state index contributed by atoms with van der Waals surface area (Å²) >= 11 is 0. The zero-order chi connectivity index (χ0) is 21.7. The van der Waals surface area contributed by atoms with Gasteiger partial charge in [-0.05, 0) is 48.9 Å². The van der Waals surface area contributed by atoms with Crippen LogP contribution in [0.25, 0.3) is 0 Å². The third-order valence-corrected chi connectivity index (χ3v) is 7.45. The molecule has 1 saturated carbocycles. The normalized spacial score (nSPS) is 15.3. The van der Waals surface area contributed by atoms with Crippen molar-refractivity contribution < 1.29 is 8.42 Å². The van der Waals surface area contributed by atoms with Crippen molar-refractivity contribution in [3.63, 3.8) is 0 Å². The number of aromatic nitrogens is 3. The summed E-state index contributed by atoms with van der Waals surface area (Å²) < 4.78 is 27.9. The highest BCUT2D eigenvalue weighted by molar-refractivity contribution is 7.89. The Morgan fingerprint density at radius 3 is 2.42 bits per heavy atom. The van der Waals surface area contributed by atoms with Gasteiger partial charge < -0.3 is 0 Å². The zero-order valence-corrected chi connectivity index (χ0v) is 18.8. The van der Waals surface area contributed by atoms with Crippen LogP contribution in [-0.2, 0) is 22.9 Å². The minimum absolute atomic E-state index is 0.258. The molecule has 6 nitrogen and oxygen atoms in total. The first kappa shape index (κ1) is 21.7. The number of hydrogen-bond donors (Lipinski definition) is 2. The third kappa shape index (κ3) is 5.80. The average molecular weight is 439 g/mol.